The molecule has 2 nitrogen and oxygen atoms in total. The van der Waals surface area contributed by atoms with Gasteiger partial charge in [-0.25, -0.2) is 0 Å². The van der Waals surface area contributed by atoms with Gasteiger partial charge in [0.25, 0.3) is 0 Å². The quantitative estimate of drug-likeness (QED) is 0.0458. The Morgan fingerprint density at radius 1 is 0.538 bits per heavy atom. The van der Waals surface area contributed by atoms with Gasteiger partial charge >= 0.3 is 0 Å². The first-order valence-corrected chi connectivity index (χ1v) is 24.6. The largest absolute Gasteiger partial charge is 0.340 e. The van der Waals surface area contributed by atoms with Crippen molar-refractivity contribution >= 4 is 5.91 Å². The van der Waals surface area contributed by atoms with Gasteiger partial charge in [0.15, 0.2) is 0 Å². The molecule has 3 atom stereocenters. The van der Waals surface area contributed by atoms with Gasteiger partial charge in [0, 0.05) is 19.0 Å². The van der Waals surface area contributed by atoms with Gasteiger partial charge in [0.2, 0.25) is 5.91 Å². The molecule has 308 valence electrons. The van der Waals surface area contributed by atoms with Gasteiger partial charge in [-0.1, -0.05) is 232 Å². The fraction of sp³-hybridized carbons (Fsp3) is 0.940. The molecule has 0 saturated heterocycles. The lowest BCUT2D eigenvalue weighted by molar-refractivity contribution is -0.134. The van der Waals surface area contributed by atoms with Crippen molar-refractivity contribution in [1.82, 2.24) is 4.90 Å². The topological polar surface area (TPSA) is 20.3 Å². The SMILES string of the molecule is C=CCCCCCCCCCCCCCCCCCCN(C(=O)CCC(CCC)CCCCCCCCCCC)C1CCCCC(CCCC)CC1. The summed E-state index contributed by atoms with van der Waals surface area (Å²) in [6.07, 6.45) is 56.2. The van der Waals surface area contributed by atoms with Gasteiger partial charge in [0.05, 0.1) is 0 Å². The highest BCUT2D eigenvalue weighted by molar-refractivity contribution is 5.76. The van der Waals surface area contributed by atoms with Gasteiger partial charge in [0.1, 0.15) is 0 Å². The van der Waals surface area contributed by atoms with Gasteiger partial charge in [-0.2, -0.15) is 0 Å². The van der Waals surface area contributed by atoms with Crippen LogP contribution < -0.4 is 0 Å². The summed E-state index contributed by atoms with van der Waals surface area (Å²) >= 11 is 0. The molecule has 1 saturated carbocycles. The molecule has 0 aromatic rings. The van der Waals surface area contributed by atoms with Crippen LogP contribution in [0.4, 0.5) is 0 Å². The number of unbranched alkanes of at least 4 members (excludes halogenated alkanes) is 25. The van der Waals surface area contributed by atoms with Crippen molar-refractivity contribution in [3.63, 3.8) is 0 Å². The zero-order valence-electron chi connectivity index (χ0n) is 36.4. The van der Waals surface area contributed by atoms with E-state index < -0.39 is 0 Å². The molecule has 2 heteroatoms. The molecule has 0 spiro atoms. The Bertz CT molecular complexity index is 745. The van der Waals surface area contributed by atoms with Crippen LogP contribution in [0.1, 0.15) is 278 Å². The van der Waals surface area contributed by atoms with E-state index in [9.17, 15) is 4.79 Å². The highest BCUT2D eigenvalue weighted by Gasteiger charge is 2.26. The fourth-order valence-electron chi connectivity index (χ4n) is 9.24. The first kappa shape index (κ1) is 49.2. The van der Waals surface area contributed by atoms with Crippen molar-refractivity contribution in [3.8, 4) is 0 Å². The van der Waals surface area contributed by atoms with E-state index in [4.69, 9.17) is 0 Å². The Morgan fingerprint density at radius 3 is 1.58 bits per heavy atom. The van der Waals surface area contributed by atoms with Crippen LogP contribution in [0.5, 0.6) is 0 Å². The first-order valence-electron chi connectivity index (χ1n) is 24.6. The van der Waals surface area contributed by atoms with Gasteiger partial charge in [-0.3, -0.25) is 4.79 Å². The Hall–Kier alpha value is -0.790. The minimum absolute atomic E-state index is 0.501. The first-order chi connectivity index (χ1) is 25.7. The van der Waals surface area contributed by atoms with Crippen LogP contribution in [0.25, 0.3) is 0 Å². The van der Waals surface area contributed by atoms with Crippen LogP contribution in [0.3, 0.4) is 0 Å². The molecule has 3 unspecified atom stereocenters. The third-order valence-electron chi connectivity index (χ3n) is 12.8. The van der Waals surface area contributed by atoms with Gasteiger partial charge in [-0.15, -0.1) is 6.58 Å². The van der Waals surface area contributed by atoms with Crippen molar-refractivity contribution in [2.24, 2.45) is 11.8 Å². The van der Waals surface area contributed by atoms with E-state index in [0.29, 0.717) is 11.9 Å². The molecule has 1 fully saturated rings. The van der Waals surface area contributed by atoms with Crippen molar-refractivity contribution in [2.75, 3.05) is 6.54 Å². The van der Waals surface area contributed by atoms with Crippen LogP contribution >= 0.6 is 0 Å². The second-order valence-electron chi connectivity index (χ2n) is 17.7. The van der Waals surface area contributed by atoms with E-state index >= 15 is 0 Å². The number of carbonyl (C=O) groups excluding carboxylic acids is 1. The average Bonchev–Trinajstić information content (AvgIpc) is 3.14. The monoisotopic (exact) mass is 728 g/mol. The minimum atomic E-state index is 0.501. The molecule has 1 rings (SSSR count). The molecule has 1 aliphatic rings. The van der Waals surface area contributed by atoms with Crippen molar-refractivity contribution in [2.45, 2.75) is 284 Å². The summed E-state index contributed by atoms with van der Waals surface area (Å²) in [5.41, 5.74) is 0. The Morgan fingerprint density at radius 2 is 1.04 bits per heavy atom. The minimum Gasteiger partial charge on any atom is -0.340 e. The maximum Gasteiger partial charge on any atom is 0.222 e. The molecular weight excluding hydrogens is 631 g/mol. The summed E-state index contributed by atoms with van der Waals surface area (Å²) in [5, 5.41) is 0. The molecule has 52 heavy (non-hydrogen) atoms. The molecule has 0 aromatic heterocycles. The number of rotatable bonds is 38. The lowest BCUT2D eigenvalue weighted by Crippen LogP contribution is -2.42. The molecule has 0 bridgehead atoms. The second kappa shape index (κ2) is 38.5. The molecule has 1 amide bonds. The summed E-state index contributed by atoms with van der Waals surface area (Å²) in [6, 6.07) is 0.501. The van der Waals surface area contributed by atoms with Crippen molar-refractivity contribution < 1.29 is 4.79 Å². The highest BCUT2D eigenvalue weighted by Crippen LogP contribution is 2.30. The lowest BCUT2D eigenvalue weighted by Gasteiger charge is -2.35. The van der Waals surface area contributed by atoms with Crippen LogP contribution in [0.15, 0.2) is 12.7 Å². The van der Waals surface area contributed by atoms with Gasteiger partial charge in [-0.05, 0) is 56.8 Å². The normalized spacial score (nSPS) is 17.1. The average molecular weight is 728 g/mol. The summed E-state index contributed by atoms with van der Waals surface area (Å²) < 4.78 is 0. The molecule has 0 radical (unpaired) electrons. The Kier molecular flexibility index (Phi) is 36.4. The van der Waals surface area contributed by atoms with Crippen molar-refractivity contribution in [1.29, 1.82) is 0 Å². The molecule has 0 aliphatic heterocycles. The van der Waals surface area contributed by atoms with Crippen LogP contribution in [-0.4, -0.2) is 23.4 Å². The summed E-state index contributed by atoms with van der Waals surface area (Å²) in [7, 11) is 0. The maximum atomic E-state index is 14.1. The predicted molar refractivity (Wildman–Crippen MR) is 234 cm³/mol. The van der Waals surface area contributed by atoms with Crippen LogP contribution in [0.2, 0.25) is 0 Å². The number of hydrogen-bond acceptors (Lipinski definition) is 1. The molecule has 0 N–H and O–H groups in total. The third-order valence-corrected chi connectivity index (χ3v) is 12.8. The number of amides is 1. The number of hydrogen-bond donors (Lipinski definition) is 0. The Labute approximate surface area is 329 Å². The number of carbonyl (C=O) groups is 1. The van der Waals surface area contributed by atoms with E-state index in [1.807, 2.05) is 0 Å². The van der Waals surface area contributed by atoms with E-state index in [-0.39, 0.29) is 0 Å². The standard InChI is InChI=1S/C50H97NO/c1-5-9-12-14-16-18-19-20-21-22-23-24-25-26-28-30-32-36-46-51(49-41-35-34-40-48(42-44-49)38-11-7-3)50(52)45-43-47(37-8-4)39-33-31-29-27-17-15-13-10-6-2/h5,47-49H,1,6-46H2,2-4H3. The van der Waals surface area contributed by atoms with E-state index in [0.717, 1.165) is 31.2 Å². The number of nitrogens with zero attached hydrogens (tertiary/aromatic N) is 1. The van der Waals surface area contributed by atoms with Crippen LogP contribution in [0, 0.1) is 11.8 Å². The third kappa shape index (κ3) is 29.6. The van der Waals surface area contributed by atoms with Crippen molar-refractivity contribution in [3.05, 3.63) is 12.7 Å². The number of allylic oxidation sites excluding steroid dienone is 1. The Balaban J connectivity index is 2.41. The van der Waals surface area contributed by atoms with E-state index in [2.05, 4.69) is 38.3 Å². The zero-order valence-corrected chi connectivity index (χ0v) is 36.4. The van der Waals surface area contributed by atoms with Gasteiger partial charge < -0.3 is 4.90 Å². The second-order valence-corrected chi connectivity index (χ2v) is 17.7. The molecule has 0 heterocycles. The molecular formula is C50H97NO. The predicted octanol–water partition coefficient (Wildman–Crippen LogP) is 17.3. The summed E-state index contributed by atoms with van der Waals surface area (Å²) in [5.74, 6) is 2.15. The zero-order chi connectivity index (χ0) is 37.6. The smallest absolute Gasteiger partial charge is 0.222 e. The summed E-state index contributed by atoms with van der Waals surface area (Å²) in [4.78, 5) is 16.5. The highest BCUT2D eigenvalue weighted by atomic mass is 16.2. The van der Waals surface area contributed by atoms with E-state index in [1.54, 1.807) is 0 Å². The lowest BCUT2D eigenvalue weighted by atomic mass is 9.85. The molecule has 1 aliphatic carbocycles. The van der Waals surface area contributed by atoms with E-state index in [1.165, 1.54) is 244 Å². The maximum absolute atomic E-state index is 14.1. The van der Waals surface area contributed by atoms with Crippen LogP contribution in [-0.2, 0) is 4.79 Å². The fourth-order valence-corrected chi connectivity index (χ4v) is 9.24. The molecule has 0 aromatic carbocycles. The summed E-state index contributed by atoms with van der Waals surface area (Å²) in [6.45, 7) is 11.8.